The van der Waals surface area contributed by atoms with E-state index in [2.05, 4.69) is 11.9 Å². The summed E-state index contributed by atoms with van der Waals surface area (Å²) < 4.78 is 0. The Morgan fingerprint density at radius 1 is 1.36 bits per heavy atom. The van der Waals surface area contributed by atoms with Crippen LogP contribution in [0.25, 0.3) is 0 Å². The third-order valence-electron chi connectivity index (χ3n) is 3.92. The molecule has 0 aliphatic heterocycles. The highest BCUT2D eigenvalue weighted by Crippen LogP contribution is 2.48. The maximum absolute atomic E-state index is 10.9. The molecule has 80 valence electrons. The summed E-state index contributed by atoms with van der Waals surface area (Å²) in [4.78, 5) is 13.1. The van der Waals surface area contributed by atoms with Crippen molar-refractivity contribution >= 4 is 5.78 Å². The van der Waals surface area contributed by atoms with E-state index in [1.54, 1.807) is 6.92 Å². The minimum Gasteiger partial charge on any atom is -0.299 e. The molecule has 2 aliphatic rings. The van der Waals surface area contributed by atoms with E-state index in [1.165, 1.54) is 25.7 Å². The average molecular weight is 195 g/mol. The minimum atomic E-state index is 0.288. The fourth-order valence-corrected chi connectivity index (χ4v) is 3.45. The molecule has 2 rings (SSSR count). The third kappa shape index (κ3) is 2.17. The zero-order valence-electron chi connectivity index (χ0n) is 9.33. The summed E-state index contributed by atoms with van der Waals surface area (Å²) in [6, 6.07) is 0. The quantitative estimate of drug-likeness (QED) is 0.683. The molecule has 0 N–H and O–H groups in total. The van der Waals surface area contributed by atoms with Crippen LogP contribution in [0.15, 0.2) is 0 Å². The predicted molar refractivity (Wildman–Crippen MR) is 57.1 cm³/mol. The fourth-order valence-electron chi connectivity index (χ4n) is 3.45. The minimum absolute atomic E-state index is 0.288. The van der Waals surface area contributed by atoms with Crippen molar-refractivity contribution in [3.8, 4) is 0 Å². The van der Waals surface area contributed by atoms with Crippen molar-refractivity contribution in [1.82, 2.24) is 4.90 Å². The first-order chi connectivity index (χ1) is 6.65. The third-order valence-corrected chi connectivity index (χ3v) is 3.92. The lowest BCUT2D eigenvalue weighted by atomic mass is 9.88. The smallest absolute Gasteiger partial charge is 0.143 e. The van der Waals surface area contributed by atoms with Gasteiger partial charge < -0.3 is 0 Å². The van der Waals surface area contributed by atoms with Crippen LogP contribution in [0.3, 0.4) is 0 Å². The molecule has 2 nitrogen and oxygen atoms in total. The first-order valence-electron chi connectivity index (χ1n) is 5.83. The molecule has 0 saturated heterocycles. The molecule has 0 aromatic rings. The van der Waals surface area contributed by atoms with E-state index in [1.807, 2.05) is 0 Å². The molecule has 0 heterocycles. The van der Waals surface area contributed by atoms with Gasteiger partial charge in [0.05, 0.1) is 6.54 Å². The highest BCUT2D eigenvalue weighted by Gasteiger charge is 2.39. The van der Waals surface area contributed by atoms with Crippen LogP contribution in [0.2, 0.25) is 0 Å². The van der Waals surface area contributed by atoms with Gasteiger partial charge in [0.2, 0.25) is 0 Å². The number of likely N-dealkylation sites (N-methyl/N-ethyl adjacent to an activating group) is 1. The second-order valence-corrected chi connectivity index (χ2v) is 5.33. The number of hydrogen-bond donors (Lipinski definition) is 0. The van der Waals surface area contributed by atoms with Crippen LogP contribution in [-0.2, 0) is 4.79 Å². The topological polar surface area (TPSA) is 20.3 Å². The van der Waals surface area contributed by atoms with Crippen LogP contribution in [0.4, 0.5) is 0 Å². The van der Waals surface area contributed by atoms with Crippen molar-refractivity contribution in [1.29, 1.82) is 0 Å². The predicted octanol–water partition coefficient (Wildman–Crippen LogP) is 1.94. The summed E-state index contributed by atoms with van der Waals surface area (Å²) in [5.74, 6) is 3.18. The molecule has 3 atom stereocenters. The number of rotatable bonds is 4. The van der Waals surface area contributed by atoms with E-state index in [0.29, 0.717) is 6.54 Å². The van der Waals surface area contributed by atoms with Gasteiger partial charge in [-0.3, -0.25) is 9.69 Å². The molecule has 0 radical (unpaired) electrons. The molecule has 0 amide bonds. The Morgan fingerprint density at radius 3 is 2.64 bits per heavy atom. The van der Waals surface area contributed by atoms with Crippen LogP contribution in [-0.4, -0.2) is 30.8 Å². The second-order valence-electron chi connectivity index (χ2n) is 5.33. The molecule has 2 aliphatic carbocycles. The van der Waals surface area contributed by atoms with Crippen molar-refractivity contribution in [3.63, 3.8) is 0 Å². The molecular formula is C12H21NO. The SMILES string of the molecule is CC(=O)CN(C)CC1CC2CCC1C2. The summed E-state index contributed by atoms with van der Waals surface area (Å²) in [5, 5.41) is 0. The van der Waals surface area contributed by atoms with Gasteiger partial charge >= 0.3 is 0 Å². The molecule has 0 aromatic heterocycles. The molecule has 2 saturated carbocycles. The van der Waals surface area contributed by atoms with E-state index >= 15 is 0 Å². The molecule has 2 heteroatoms. The Bertz CT molecular complexity index is 226. The molecular weight excluding hydrogens is 174 g/mol. The van der Waals surface area contributed by atoms with Crippen LogP contribution in [0, 0.1) is 17.8 Å². The van der Waals surface area contributed by atoms with Crippen molar-refractivity contribution < 1.29 is 4.79 Å². The van der Waals surface area contributed by atoms with E-state index in [9.17, 15) is 4.79 Å². The van der Waals surface area contributed by atoms with Crippen molar-refractivity contribution in [2.75, 3.05) is 20.1 Å². The first-order valence-corrected chi connectivity index (χ1v) is 5.83. The van der Waals surface area contributed by atoms with Crippen LogP contribution in [0.1, 0.15) is 32.6 Å². The maximum atomic E-state index is 10.9. The van der Waals surface area contributed by atoms with Gasteiger partial charge in [-0.2, -0.15) is 0 Å². The van der Waals surface area contributed by atoms with Crippen LogP contribution >= 0.6 is 0 Å². The van der Waals surface area contributed by atoms with Gasteiger partial charge in [0.15, 0.2) is 0 Å². The monoisotopic (exact) mass is 195 g/mol. The van der Waals surface area contributed by atoms with E-state index in [-0.39, 0.29) is 5.78 Å². The Hall–Kier alpha value is -0.370. The van der Waals surface area contributed by atoms with Gasteiger partial charge in [-0.1, -0.05) is 6.42 Å². The number of ketones is 1. The lowest BCUT2D eigenvalue weighted by molar-refractivity contribution is -0.118. The van der Waals surface area contributed by atoms with E-state index in [0.717, 1.165) is 24.3 Å². The molecule has 0 spiro atoms. The largest absolute Gasteiger partial charge is 0.299 e. The Balaban J connectivity index is 1.78. The number of fused-ring (bicyclic) bond motifs is 2. The van der Waals surface area contributed by atoms with E-state index in [4.69, 9.17) is 0 Å². The van der Waals surface area contributed by atoms with Crippen molar-refractivity contribution in [3.05, 3.63) is 0 Å². The molecule has 3 unspecified atom stereocenters. The standard InChI is InChI=1S/C12H21NO/c1-9(14)7-13(2)8-12-6-10-3-4-11(12)5-10/h10-12H,3-8H2,1-2H3. The molecule has 2 bridgehead atoms. The normalized spacial score (nSPS) is 35.5. The second kappa shape index (κ2) is 4.01. The summed E-state index contributed by atoms with van der Waals surface area (Å²) in [6.07, 6.45) is 5.81. The van der Waals surface area contributed by atoms with Gasteiger partial charge in [0.25, 0.3) is 0 Å². The van der Waals surface area contributed by atoms with Crippen LogP contribution in [0.5, 0.6) is 0 Å². The zero-order valence-corrected chi connectivity index (χ0v) is 9.33. The Labute approximate surface area is 86.7 Å². The molecule has 2 fully saturated rings. The van der Waals surface area contributed by atoms with Gasteiger partial charge in [0, 0.05) is 6.54 Å². The number of carbonyl (C=O) groups is 1. The summed E-state index contributed by atoms with van der Waals surface area (Å²) in [7, 11) is 2.08. The van der Waals surface area contributed by atoms with Crippen molar-refractivity contribution in [2.45, 2.75) is 32.6 Å². The lowest BCUT2D eigenvalue weighted by Crippen LogP contribution is -2.32. The van der Waals surface area contributed by atoms with E-state index < -0.39 is 0 Å². The van der Waals surface area contributed by atoms with Gasteiger partial charge in [-0.15, -0.1) is 0 Å². The van der Waals surface area contributed by atoms with Gasteiger partial charge in [0.1, 0.15) is 5.78 Å². The Kier molecular flexibility index (Phi) is 2.91. The fraction of sp³-hybridized carbons (Fsp3) is 0.917. The highest BCUT2D eigenvalue weighted by molar-refractivity contribution is 5.77. The highest BCUT2D eigenvalue weighted by atomic mass is 16.1. The average Bonchev–Trinajstić information content (AvgIpc) is 2.62. The zero-order chi connectivity index (χ0) is 10.1. The number of hydrogen-bond acceptors (Lipinski definition) is 2. The summed E-state index contributed by atoms with van der Waals surface area (Å²) >= 11 is 0. The molecule has 14 heavy (non-hydrogen) atoms. The lowest BCUT2D eigenvalue weighted by Gasteiger charge is -2.26. The molecule has 0 aromatic carbocycles. The number of nitrogens with zero attached hydrogens (tertiary/aromatic N) is 1. The van der Waals surface area contributed by atoms with Crippen molar-refractivity contribution in [2.24, 2.45) is 17.8 Å². The number of Topliss-reactive ketones (excluding diaryl/α,β-unsaturated/α-hetero) is 1. The first kappa shape index (κ1) is 10.2. The maximum Gasteiger partial charge on any atom is 0.143 e. The Morgan fingerprint density at radius 2 is 2.14 bits per heavy atom. The summed E-state index contributed by atoms with van der Waals surface area (Å²) in [6.45, 7) is 3.45. The van der Waals surface area contributed by atoms with Gasteiger partial charge in [-0.05, 0) is 51.0 Å². The summed E-state index contributed by atoms with van der Waals surface area (Å²) in [5.41, 5.74) is 0. The number of carbonyl (C=O) groups excluding carboxylic acids is 1. The van der Waals surface area contributed by atoms with Gasteiger partial charge in [-0.25, -0.2) is 0 Å². The van der Waals surface area contributed by atoms with Crippen LogP contribution < -0.4 is 0 Å².